The summed E-state index contributed by atoms with van der Waals surface area (Å²) in [6, 6.07) is 4.92. The molecule has 0 aliphatic heterocycles. The highest BCUT2D eigenvalue weighted by molar-refractivity contribution is 5.76. The molecule has 20 heavy (non-hydrogen) atoms. The largest absolute Gasteiger partial charge is 0.394 e. The Hall–Kier alpha value is -1.82. The Kier molecular flexibility index (Phi) is 6.24. The van der Waals surface area contributed by atoms with Crippen LogP contribution in [0.4, 0.5) is 17.1 Å². The standard InChI is InChI=1S/C14H23N3O3/c1-4-8-15-11-6-5-7-12(14(11)17(19)20)16-13(9-18)10(2)3/h5-7,10,13,15-16,18H,4,8-9H2,1-3H3. The molecule has 0 fully saturated rings. The van der Waals surface area contributed by atoms with Crippen LogP contribution in [0.5, 0.6) is 0 Å². The van der Waals surface area contributed by atoms with Crippen molar-refractivity contribution < 1.29 is 10.0 Å². The monoisotopic (exact) mass is 281 g/mol. The number of nitro benzene ring substituents is 1. The number of aliphatic hydroxyl groups is 1. The zero-order valence-corrected chi connectivity index (χ0v) is 12.2. The highest BCUT2D eigenvalue weighted by Gasteiger charge is 2.22. The Balaban J connectivity index is 3.08. The summed E-state index contributed by atoms with van der Waals surface area (Å²) in [6.45, 7) is 6.53. The molecule has 6 nitrogen and oxygen atoms in total. The maximum atomic E-state index is 11.3. The minimum Gasteiger partial charge on any atom is -0.394 e. The third kappa shape index (κ3) is 4.09. The van der Waals surface area contributed by atoms with Gasteiger partial charge in [0.15, 0.2) is 0 Å². The predicted molar refractivity (Wildman–Crippen MR) is 81.2 cm³/mol. The molecule has 0 bridgehead atoms. The summed E-state index contributed by atoms with van der Waals surface area (Å²) in [5, 5.41) is 26.8. The number of nitro groups is 1. The third-order valence-corrected chi connectivity index (χ3v) is 3.13. The second-order valence-corrected chi connectivity index (χ2v) is 5.06. The molecule has 0 spiro atoms. The summed E-state index contributed by atoms with van der Waals surface area (Å²) in [6.07, 6.45) is 0.889. The number of hydrogen-bond acceptors (Lipinski definition) is 5. The number of anilines is 2. The average molecular weight is 281 g/mol. The molecule has 0 radical (unpaired) electrons. The SMILES string of the molecule is CCCNc1cccc(NC(CO)C(C)C)c1[N+](=O)[O-]. The number of benzene rings is 1. The number of hydrogen-bond donors (Lipinski definition) is 3. The highest BCUT2D eigenvalue weighted by Crippen LogP contribution is 2.33. The number of para-hydroxylation sites is 1. The van der Waals surface area contributed by atoms with E-state index < -0.39 is 4.92 Å². The van der Waals surface area contributed by atoms with E-state index >= 15 is 0 Å². The van der Waals surface area contributed by atoms with E-state index in [-0.39, 0.29) is 24.3 Å². The number of rotatable bonds is 8. The molecule has 0 saturated carbocycles. The normalized spacial score (nSPS) is 12.2. The van der Waals surface area contributed by atoms with Crippen LogP contribution < -0.4 is 10.6 Å². The van der Waals surface area contributed by atoms with Gasteiger partial charge in [0.25, 0.3) is 0 Å². The molecule has 0 aliphatic rings. The first kappa shape index (κ1) is 16.2. The van der Waals surface area contributed by atoms with Gasteiger partial charge < -0.3 is 15.7 Å². The molecule has 3 N–H and O–H groups in total. The minimum atomic E-state index is -0.394. The smallest absolute Gasteiger partial charge is 0.315 e. The van der Waals surface area contributed by atoms with Gasteiger partial charge in [0.1, 0.15) is 11.4 Å². The van der Waals surface area contributed by atoms with Crippen molar-refractivity contribution in [2.75, 3.05) is 23.8 Å². The summed E-state index contributed by atoms with van der Waals surface area (Å²) >= 11 is 0. The summed E-state index contributed by atoms with van der Waals surface area (Å²) < 4.78 is 0. The Morgan fingerprint density at radius 1 is 1.35 bits per heavy atom. The van der Waals surface area contributed by atoms with Gasteiger partial charge in [-0.2, -0.15) is 0 Å². The molecule has 0 saturated heterocycles. The highest BCUT2D eigenvalue weighted by atomic mass is 16.6. The van der Waals surface area contributed by atoms with Crippen molar-refractivity contribution in [1.29, 1.82) is 0 Å². The van der Waals surface area contributed by atoms with Crippen molar-refractivity contribution in [3.05, 3.63) is 28.3 Å². The molecule has 0 aliphatic carbocycles. The zero-order valence-electron chi connectivity index (χ0n) is 12.2. The van der Waals surface area contributed by atoms with Crippen molar-refractivity contribution in [3.63, 3.8) is 0 Å². The summed E-state index contributed by atoms with van der Waals surface area (Å²) in [5.74, 6) is 0.173. The van der Waals surface area contributed by atoms with E-state index in [1.54, 1.807) is 18.2 Å². The number of nitrogens with zero attached hydrogens (tertiary/aromatic N) is 1. The van der Waals surface area contributed by atoms with Crippen molar-refractivity contribution in [1.82, 2.24) is 0 Å². The van der Waals surface area contributed by atoms with Crippen molar-refractivity contribution in [2.45, 2.75) is 33.2 Å². The lowest BCUT2D eigenvalue weighted by Crippen LogP contribution is -2.29. The van der Waals surface area contributed by atoms with Crippen LogP contribution in [0.15, 0.2) is 18.2 Å². The predicted octanol–water partition coefficient (Wildman–Crippen LogP) is 2.85. The molecule has 0 aromatic heterocycles. The zero-order chi connectivity index (χ0) is 15.1. The molecule has 0 amide bonds. The van der Waals surface area contributed by atoms with Crippen LogP contribution in [0.1, 0.15) is 27.2 Å². The number of nitrogens with one attached hydrogen (secondary N) is 2. The molecule has 1 aromatic rings. The van der Waals surface area contributed by atoms with E-state index in [4.69, 9.17) is 0 Å². The van der Waals surface area contributed by atoms with Crippen molar-refractivity contribution in [3.8, 4) is 0 Å². The van der Waals surface area contributed by atoms with E-state index in [0.717, 1.165) is 6.42 Å². The van der Waals surface area contributed by atoms with E-state index in [0.29, 0.717) is 17.9 Å². The lowest BCUT2D eigenvalue weighted by Gasteiger charge is -2.21. The molecule has 112 valence electrons. The lowest BCUT2D eigenvalue weighted by molar-refractivity contribution is -0.383. The maximum absolute atomic E-state index is 11.3. The van der Waals surface area contributed by atoms with Crippen LogP contribution in [-0.4, -0.2) is 29.2 Å². The van der Waals surface area contributed by atoms with Crippen molar-refractivity contribution >= 4 is 17.1 Å². The minimum absolute atomic E-state index is 0.0278. The van der Waals surface area contributed by atoms with Gasteiger partial charge in [-0.1, -0.05) is 26.8 Å². The first-order valence-electron chi connectivity index (χ1n) is 6.89. The van der Waals surface area contributed by atoms with Crippen LogP contribution in [0.3, 0.4) is 0 Å². The molecule has 1 rings (SSSR count). The molecular weight excluding hydrogens is 258 g/mol. The Morgan fingerprint density at radius 2 is 2.00 bits per heavy atom. The van der Waals surface area contributed by atoms with Crippen LogP contribution in [0, 0.1) is 16.0 Å². The average Bonchev–Trinajstić information content (AvgIpc) is 2.41. The second kappa shape index (κ2) is 7.69. The van der Waals surface area contributed by atoms with Gasteiger partial charge in [0, 0.05) is 6.54 Å². The molecule has 0 heterocycles. The topological polar surface area (TPSA) is 87.4 Å². The fourth-order valence-corrected chi connectivity index (χ4v) is 1.88. The van der Waals surface area contributed by atoms with E-state index in [1.165, 1.54) is 0 Å². The molecule has 1 unspecified atom stereocenters. The number of aliphatic hydroxyl groups excluding tert-OH is 1. The van der Waals surface area contributed by atoms with Gasteiger partial charge in [-0.25, -0.2) is 0 Å². The van der Waals surface area contributed by atoms with Crippen molar-refractivity contribution in [2.24, 2.45) is 5.92 Å². The van der Waals surface area contributed by atoms with Gasteiger partial charge >= 0.3 is 5.69 Å². The first-order valence-corrected chi connectivity index (χ1v) is 6.89. The Bertz CT molecular complexity index is 449. The van der Waals surface area contributed by atoms with Crippen LogP contribution >= 0.6 is 0 Å². The first-order chi connectivity index (χ1) is 9.51. The molecule has 1 aromatic carbocycles. The maximum Gasteiger partial charge on any atom is 0.315 e. The quantitative estimate of drug-likeness (QED) is 0.504. The molecule has 1 atom stereocenters. The van der Waals surface area contributed by atoms with Gasteiger partial charge in [0.05, 0.1) is 17.6 Å². The van der Waals surface area contributed by atoms with Gasteiger partial charge in [0.2, 0.25) is 0 Å². The third-order valence-electron chi connectivity index (χ3n) is 3.13. The van der Waals surface area contributed by atoms with E-state index in [1.807, 2.05) is 20.8 Å². The fraction of sp³-hybridized carbons (Fsp3) is 0.571. The van der Waals surface area contributed by atoms with Gasteiger partial charge in [-0.05, 0) is 24.5 Å². The van der Waals surface area contributed by atoms with Crippen LogP contribution in [0.25, 0.3) is 0 Å². The van der Waals surface area contributed by atoms with Gasteiger partial charge in [-0.3, -0.25) is 10.1 Å². The van der Waals surface area contributed by atoms with Crippen LogP contribution in [-0.2, 0) is 0 Å². The summed E-state index contributed by atoms with van der Waals surface area (Å²) in [4.78, 5) is 10.9. The van der Waals surface area contributed by atoms with E-state index in [9.17, 15) is 15.2 Å². The lowest BCUT2D eigenvalue weighted by atomic mass is 10.0. The summed E-state index contributed by atoms with van der Waals surface area (Å²) in [5.41, 5.74) is 0.964. The molecular formula is C14H23N3O3. The van der Waals surface area contributed by atoms with Gasteiger partial charge in [-0.15, -0.1) is 0 Å². The Labute approximate surface area is 119 Å². The Morgan fingerprint density at radius 3 is 2.50 bits per heavy atom. The second-order valence-electron chi connectivity index (χ2n) is 5.06. The summed E-state index contributed by atoms with van der Waals surface area (Å²) in [7, 11) is 0. The fourth-order valence-electron chi connectivity index (χ4n) is 1.88. The molecule has 6 heteroatoms. The van der Waals surface area contributed by atoms with E-state index in [2.05, 4.69) is 10.6 Å². The van der Waals surface area contributed by atoms with Crippen LogP contribution in [0.2, 0.25) is 0 Å².